The lowest BCUT2D eigenvalue weighted by molar-refractivity contribution is 0.347. The summed E-state index contributed by atoms with van der Waals surface area (Å²) >= 11 is 6.27. The maximum absolute atomic E-state index is 6.27. The lowest BCUT2D eigenvalue weighted by atomic mass is 9.69. The summed E-state index contributed by atoms with van der Waals surface area (Å²) in [6.45, 7) is 0. The van der Waals surface area contributed by atoms with Crippen LogP contribution in [-0.2, 0) is 5.41 Å². The van der Waals surface area contributed by atoms with Gasteiger partial charge in [0, 0.05) is 32.6 Å². The Labute approximate surface area is 135 Å². The van der Waals surface area contributed by atoms with Crippen LogP contribution in [0.5, 0.6) is 0 Å². The number of rotatable bonds is 0. The third-order valence-electron chi connectivity index (χ3n) is 5.66. The number of aromatic nitrogens is 1. The van der Waals surface area contributed by atoms with E-state index in [4.69, 9.17) is 11.6 Å². The van der Waals surface area contributed by atoms with E-state index in [0.29, 0.717) is 0 Å². The van der Waals surface area contributed by atoms with Crippen LogP contribution in [0.1, 0.15) is 43.4 Å². The van der Waals surface area contributed by atoms with Crippen molar-refractivity contribution in [2.75, 3.05) is 0 Å². The monoisotopic (exact) mass is 307 g/mol. The first kappa shape index (κ1) is 12.8. The van der Waals surface area contributed by atoms with Crippen molar-refractivity contribution in [2.45, 2.75) is 37.5 Å². The zero-order valence-electron chi connectivity index (χ0n) is 12.5. The molecule has 0 bridgehead atoms. The molecular formula is C20H18ClN. The van der Waals surface area contributed by atoms with Crippen LogP contribution in [0.25, 0.3) is 22.0 Å². The fraction of sp³-hybridized carbons (Fsp3) is 0.300. The summed E-state index contributed by atoms with van der Waals surface area (Å²) in [4.78, 5) is 3.75. The van der Waals surface area contributed by atoms with E-state index in [1.165, 1.54) is 65.4 Å². The van der Waals surface area contributed by atoms with E-state index in [9.17, 15) is 0 Å². The SMILES string of the molecule is Clc1ccc2[nH]c3c(c2c1)-c1ccccc1C31CCCCC1. The van der Waals surface area contributed by atoms with Crippen LogP contribution in [0, 0.1) is 0 Å². The number of aromatic amines is 1. The van der Waals surface area contributed by atoms with Crippen molar-refractivity contribution in [3.63, 3.8) is 0 Å². The van der Waals surface area contributed by atoms with E-state index in [1.807, 2.05) is 6.07 Å². The Hall–Kier alpha value is -1.73. The van der Waals surface area contributed by atoms with Gasteiger partial charge in [0.25, 0.3) is 0 Å². The van der Waals surface area contributed by atoms with Gasteiger partial charge in [-0.3, -0.25) is 0 Å². The molecule has 5 rings (SSSR count). The first-order valence-corrected chi connectivity index (χ1v) is 8.59. The lowest BCUT2D eigenvalue weighted by Gasteiger charge is -2.35. The molecule has 0 radical (unpaired) electrons. The van der Waals surface area contributed by atoms with Gasteiger partial charge in [0.2, 0.25) is 0 Å². The predicted octanol–water partition coefficient (Wildman–Crippen LogP) is 6.05. The summed E-state index contributed by atoms with van der Waals surface area (Å²) in [6.07, 6.45) is 6.54. The van der Waals surface area contributed by atoms with Crippen LogP contribution < -0.4 is 0 Å². The van der Waals surface area contributed by atoms with E-state index in [1.54, 1.807) is 0 Å². The predicted molar refractivity (Wildman–Crippen MR) is 92.6 cm³/mol. The van der Waals surface area contributed by atoms with E-state index in [-0.39, 0.29) is 5.41 Å². The topological polar surface area (TPSA) is 15.8 Å². The van der Waals surface area contributed by atoms with Gasteiger partial charge in [0.05, 0.1) is 0 Å². The molecule has 2 aliphatic carbocycles. The van der Waals surface area contributed by atoms with Crippen molar-refractivity contribution in [3.05, 3.63) is 58.7 Å². The normalized spacial score (nSPS) is 18.6. The van der Waals surface area contributed by atoms with Crippen molar-refractivity contribution in [2.24, 2.45) is 0 Å². The maximum atomic E-state index is 6.27. The Kier molecular flexibility index (Phi) is 2.55. The summed E-state index contributed by atoms with van der Waals surface area (Å²) < 4.78 is 0. The zero-order valence-corrected chi connectivity index (χ0v) is 13.2. The molecule has 0 amide bonds. The number of H-pyrrole nitrogens is 1. The number of hydrogen-bond donors (Lipinski definition) is 1. The van der Waals surface area contributed by atoms with Gasteiger partial charge in [-0.05, 0) is 42.2 Å². The third-order valence-corrected chi connectivity index (χ3v) is 5.89. The molecule has 3 aromatic rings. The summed E-state index contributed by atoms with van der Waals surface area (Å²) in [6, 6.07) is 15.2. The van der Waals surface area contributed by atoms with E-state index in [0.717, 1.165) is 5.02 Å². The molecule has 2 heteroatoms. The number of benzene rings is 2. The van der Waals surface area contributed by atoms with Crippen molar-refractivity contribution >= 4 is 22.5 Å². The van der Waals surface area contributed by atoms with Crippen molar-refractivity contribution in [1.29, 1.82) is 0 Å². The number of hydrogen-bond acceptors (Lipinski definition) is 0. The molecule has 1 spiro atoms. The molecule has 22 heavy (non-hydrogen) atoms. The summed E-state index contributed by atoms with van der Waals surface area (Å²) in [5, 5.41) is 2.09. The van der Waals surface area contributed by atoms with Gasteiger partial charge in [-0.15, -0.1) is 0 Å². The van der Waals surface area contributed by atoms with Crippen molar-refractivity contribution < 1.29 is 0 Å². The first-order valence-electron chi connectivity index (χ1n) is 8.21. The molecule has 1 fully saturated rings. The standard InChI is InChI=1S/C20H18ClN/c21-13-8-9-17-15(12-13)18-14-6-2-3-7-16(14)20(19(18)22-17)10-4-1-5-11-20/h2-3,6-9,12,22H,1,4-5,10-11H2. The Bertz CT molecular complexity index is 884. The highest BCUT2D eigenvalue weighted by atomic mass is 35.5. The maximum Gasteiger partial charge on any atom is 0.0463 e. The molecule has 0 unspecified atom stereocenters. The van der Waals surface area contributed by atoms with E-state index >= 15 is 0 Å². The number of nitrogens with one attached hydrogen (secondary N) is 1. The molecular weight excluding hydrogens is 290 g/mol. The van der Waals surface area contributed by atoms with Gasteiger partial charge in [0.1, 0.15) is 0 Å². The fourth-order valence-corrected chi connectivity index (χ4v) is 4.90. The van der Waals surface area contributed by atoms with Crippen LogP contribution in [0.3, 0.4) is 0 Å². The lowest BCUT2D eigenvalue weighted by Crippen LogP contribution is -2.28. The van der Waals surface area contributed by atoms with Gasteiger partial charge in [-0.2, -0.15) is 0 Å². The first-order chi connectivity index (χ1) is 10.8. The molecule has 0 aliphatic heterocycles. The minimum Gasteiger partial charge on any atom is -0.357 e. The number of halogens is 1. The van der Waals surface area contributed by atoms with Crippen molar-refractivity contribution in [1.82, 2.24) is 4.98 Å². The largest absolute Gasteiger partial charge is 0.357 e. The Morgan fingerprint density at radius 2 is 1.77 bits per heavy atom. The molecule has 1 saturated carbocycles. The molecule has 2 aromatic carbocycles. The second kappa shape index (κ2) is 4.39. The molecule has 2 aliphatic rings. The third kappa shape index (κ3) is 1.50. The second-order valence-corrected chi connectivity index (χ2v) is 7.19. The van der Waals surface area contributed by atoms with Gasteiger partial charge < -0.3 is 4.98 Å². The smallest absolute Gasteiger partial charge is 0.0463 e. The van der Waals surface area contributed by atoms with Gasteiger partial charge >= 0.3 is 0 Å². The van der Waals surface area contributed by atoms with Crippen LogP contribution in [0.2, 0.25) is 5.02 Å². The highest BCUT2D eigenvalue weighted by molar-refractivity contribution is 6.31. The summed E-state index contributed by atoms with van der Waals surface area (Å²) in [7, 11) is 0. The highest BCUT2D eigenvalue weighted by Gasteiger charge is 2.45. The van der Waals surface area contributed by atoms with Crippen LogP contribution in [0.4, 0.5) is 0 Å². The summed E-state index contributed by atoms with van der Waals surface area (Å²) in [5.74, 6) is 0. The molecule has 1 heterocycles. The summed E-state index contributed by atoms with van der Waals surface area (Å²) in [5.41, 5.74) is 7.19. The second-order valence-electron chi connectivity index (χ2n) is 6.75. The van der Waals surface area contributed by atoms with Gasteiger partial charge in [-0.1, -0.05) is 55.1 Å². The Balaban J connectivity index is 1.90. The van der Waals surface area contributed by atoms with Crippen LogP contribution in [0.15, 0.2) is 42.5 Å². The van der Waals surface area contributed by atoms with Crippen LogP contribution >= 0.6 is 11.6 Å². The van der Waals surface area contributed by atoms with E-state index in [2.05, 4.69) is 41.4 Å². The average Bonchev–Trinajstić information content (AvgIpc) is 3.04. The van der Waals surface area contributed by atoms with E-state index < -0.39 is 0 Å². The van der Waals surface area contributed by atoms with Gasteiger partial charge in [-0.25, -0.2) is 0 Å². The molecule has 110 valence electrons. The average molecular weight is 308 g/mol. The quantitative estimate of drug-likeness (QED) is 0.520. The van der Waals surface area contributed by atoms with Gasteiger partial charge in [0.15, 0.2) is 0 Å². The minimum atomic E-state index is 0.204. The molecule has 0 atom stereocenters. The number of fused-ring (bicyclic) bond motifs is 7. The zero-order chi connectivity index (χ0) is 14.7. The van der Waals surface area contributed by atoms with Crippen LogP contribution in [-0.4, -0.2) is 4.98 Å². The Morgan fingerprint density at radius 1 is 0.955 bits per heavy atom. The highest BCUT2D eigenvalue weighted by Crippen LogP contribution is 2.57. The fourth-order valence-electron chi connectivity index (χ4n) is 4.73. The van der Waals surface area contributed by atoms with Crippen molar-refractivity contribution in [3.8, 4) is 11.1 Å². The minimum absolute atomic E-state index is 0.204. The molecule has 1 aromatic heterocycles. The molecule has 1 nitrogen and oxygen atoms in total. The molecule has 0 saturated heterocycles. The molecule has 1 N–H and O–H groups in total. The Morgan fingerprint density at radius 3 is 2.64 bits per heavy atom.